The lowest BCUT2D eigenvalue weighted by atomic mass is 10.0. The van der Waals surface area contributed by atoms with Crippen LogP contribution in [-0.4, -0.2) is 54.7 Å². The van der Waals surface area contributed by atoms with Gasteiger partial charge in [0.1, 0.15) is 0 Å². The van der Waals surface area contributed by atoms with Crippen LogP contribution in [-0.2, 0) is 17.7 Å². The second kappa shape index (κ2) is 6.35. The number of ether oxygens (including phenoxy) is 1. The lowest BCUT2D eigenvalue weighted by molar-refractivity contribution is 0.0592. The van der Waals surface area contributed by atoms with Gasteiger partial charge in [0.2, 0.25) is 0 Å². The van der Waals surface area contributed by atoms with E-state index in [4.69, 9.17) is 4.74 Å². The highest BCUT2D eigenvalue weighted by atomic mass is 16.5. The predicted molar refractivity (Wildman–Crippen MR) is 89.1 cm³/mol. The van der Waals surface area contributed by atoms with Crippen molar-refractivity contribution in [2.75, 3.05) is 32.6 Å². The molecule has 0 bridgehead atoms. The molecule has 1 aromatic heterocycles. The molecule has 0 spiro atoms. The average Bonchev–Trinajstić information content (AvgIpc) is 3.03. The number of esters is 1. The number of hydrogen-bond donors (Lipinski definition) is 1. The number of aromatic amines is 1. The van der Waals surface area contributed by atoms with Crippen LogP contribution in [0.1, 0.15) is 32.1 Å². The minimum atomic E-state index is -0.452. The quantitative estimate of drug-likeness (QED) is 0.863. The monoisotopic (exact) mass is 328 g/mol. The molecular formula is C17H20N4O3. The Labute approximate surface area is 140 Å². The third-order valence-electron chi connectivity index (χ3n) is 4.23. The molecule has 3 rings (SSSR count). The van der Waals surface area contributed by atoms with E-state index in [9.17, 15) is 9.59 Å². The van der Waals surface area contributed by atoms with Gasteiger partial charge >= 0.3 is 5.97 Å². The first kappa shape index (κ1) is 16.0. The summed E-state index contributed by atoms with van der Waals surface area (Å²) in [6.45, 7) is 0.957. The SMILES string of the molecule is COC(=O)c1n[nH]c2c1CCN(C(=O)c1ccc(N(C)C)cc1)C2. The Kier molecular flexibility index (Phi) is 4.24. The van der Waals surface area contributed by atoms with E-state index in [-0.39, 0.29) is 5.91 Å². The van der Waals surface area contributed by atoms with Crippen molar-refractivity contribution >= 4 is 17.6 Å². The molecule has 24 heavy (non-hydrogen) atoms. The molecule has 126 valence electrons. The molecule has 0 atom stereocenters. The first-order valence-electron chi connectivity index (χ1n) is 7.72. The highest BCUT2D eigenvalue weighted by Crippen LogP contribution is 2.22. The number of nitrogens with one attached hydrogen (secondary N) is 1. The Balaban J connectivity index is 1.76. The molecule has 0 radical (unpaired) electrons. The highest BCUT2D eigenvalue weighted by molar-refractivity contribution is 5.95. The maximum absolute atomic E-state index is 12.7. The number of hydrogen-bond acceptors (Lipinski definition) is 5. The summed E-state index contributed by atoms with van der Waals surface area (Å²) in [5.41, 5.74) is 3.64. The van der Waals surface area contributed by atoms with Crippen LogP contribution in [0.4, 0.5) is 5.69 Å². The summed E-state index contributed by atoms with van der Waals surface area (Å²) in [5, 5.41) is 6.87. The second-order valence-corrected chi connectivity index (χ2v) is 5.94. The summed E-state index contributed by atoms with van der Waals surface area (Å²) in [6.07, 6.45) is 0.581. The van der Waals surface area contributed by atoms with Crippen LogP contribution in [0.5, 0.6) is 0 Å². The number of carbonyl (C=O) groups is 2. The Hall–Kier alpha value is -2.83. The fourth-order valence-corrected chi connectivity index (χ4v) is 2.84. The van der Waals surface area contributed by atoms with Crippen LogP contribution in [0.15, 0.2) is 24.3 Å². The smallest absolute Gasteiger partial charge is 0.358 e. The molecule has 7 heteroatoms. The third kappa shape index (κ3) is 2.84. The van der Waals surface area contributed by atoms with Gasteiger partial charge in [-0.25, -0.2) is 4.79 Å². The van der Waals surface area contributed by atoms with Crippen molar-refractivity contribution in [1.82, 2.24) is 15.1 Å². The zero-order valence-electron chi connectivity index (χ0n) is 14.0. The molecule has 1 aliphatic heterocycles. The van der Waals surface area contributed by atoms with Crippen molar-refractivity contribution in [3.8, 4) is 0 Å². The summed E-state index contributed by atoms with van der Waals surface area (Å²) < 4.78 is 4.73. The molecule has 1 N–H and O–H groups in total. The fraction of sp³-hybridized carbons (Fsp3) is 0.353. The maximum atomic E-state index is 12.7. The van der Waals surface area contributed by atoms with Crippen LogP contribution in [0, 0.1) is 0 Å². The van der Waals surface area contributed by atoms with E-state index in [1.807, 2.05) is 43.3 Å². The largest absolute Gasteiger partial charge is 0.464 e. The van der Waals surface area contributed by atoms with Gasteiger partial charge in [0, 0.05) is 37.5 Å². The van der Waals surface area contributed by atoms with E-state index in [1.165, 1.54) is 7.11 Å². The molecule has 7 nitrogen and oxygen atoms in total. The number of aromatic nitrogens is 2. The van der Waals surface area contributed by atoms with E-state index in [1.54, 1.807) is 4.90 Å². The molecule has 2 heterocycles. The average molecular weight is 328 g/mol. The number of nitrogens with zero attached hydrogens (tertiary/aromatic N) is 3. The van der Waals surface area contributed by atoms with E-state index in [2.05, 4.69) is 10.2 Å². The number of fused-ring (bicyclic) bond motifs is 1. The zero-order chi connectivity index (χ0) is 17.3. The molecule has 1 aliphatic rings. The number of rotatable bonds is 3. The van der Waals surface area contributed by atoms with E-state index >= 15 is 0 Å². The number of benzene rings is 1. The molecule has 0 aliphatic carbocycles. The molecule has 2 aromatic rings. The first-order chi connectivity index (χ1) is 11.5. The Morgan fingerprint density at radius 3 is 2.58 bits per heavy atom. The lowest BCUT2D eigenvalue weighted by Crippen LogP contribution is -2.36. The molecule has 0 fully saturated rings. The van der Waals surface area contributed by atoms with Crippen LogP contribution in [0.25, 0.3) is 0 Å². The van der Waals surface area contributed by atoms with Crippen molar-refractivity contribution in [2.45, 2.75) is 13.0 Å². The highest BCUT2D eigenvalue weighted by Gasteiger charge is 2.28. The minimum Gasteiger partial charge on any atom is -0.464 e. The number of methoxy groups -OCH3 is 1. The van der Waals surface area contributed by atoms with E-state index in [0.717, 1.165) is 16.9 Å². The van der Waals surface area contributed by atoms with Gasteiger partial charge in [0.05, 0.1) is 19.3 Å². The van der Waals surface area contributed by atoms with Gasteiger partial charge in [0.15, 0.2) is 5.69 Å². The normalized spacial score (nSPS) is 13.4. The summed E-state index contributed by atoms with van der Waals surface area (Å²) in [6, 6.07) is 7.52. The number of carbonyl (C=O) groups excluding carboxylic acids is 2. The van der Waals surface area contributed by atoms with Crippen LogP contribution in [0.3, 0.4) is 0 Å². The second-order valence-electron chi connectivity index (χ2n) is 5.94. The predicted octanol–water partition coefficient (Wildman–Crippen LogP) is 1.46. The number of amides is 1. The summed E-state index contributed by atoms with van der Waals surface area (Å²) in [4.78, 5) is 28.1. The third-order valence-corrected chi connectivity index (χ3v) is 4.23. The van der Waals surface area contributed by atoms with Gasteiger partial charge in [-0.15, -0.1) is 0 Å². The summed E-state index contributed by atoms with van der Waals surface area (Å²) >= 11 is 0. The van der Waals surface area contributed by atoms with Crippen LogP contribution >= 0.6 is 0 Å². The Morgan fingerprint density at radius 2 is 1.96 bits per heavy atom. The van der Waals surface area contributed by atoms with Gasteiger partial charge < -0.3 is 14.5 Å². The minimum absolute atomic E-state index is 0.0276. The van der Waals surface area contributed by atoms with Gasteiger partial charge in [-0.05, 0) is 30.7 Å². The van der Waals surface area contributed by atoms with E-state index < -0.39 is 5.97 Å². The molecule has 1 amide bonds. The van der Waals surface area contributed by atoms with E-state index in [0.29, 0.717) is 30.8 Å². The number of H-pyrrole nitrogens is 1. The molecule has 0 unspecified atom stereocenters. The Bertz CT molecular complexity index is 765. The van der Waals surface area contributed by atoms with Crippen LogP contribution < -0.4 is 4.90 Å². The topological polar surface area (TPSA) is 78.5 Å². The molecule has 0 saturated heterocycles. The zero-order valence-corrected chi connectivity index (χ0v) is 14.0. The molecule has 0 saturated carbocycles. The number of anilines is 1. The van der Waals surface area contributed by atoms with Crippen molar-refractivity contribution in [2.24, 2.45) is 0 Å². The van der Waals surface area contributed by atoms with Crippen molar-refractivity contribution < 1.29 is 14.3 Å². The van der Waals surface area contributed by atoms with Crippen molar-refractivity contribution in [1.29, 1.82) is 0 Å². The summed E-state index contributed by atoms with van der Waals surface area (Å²) in [7, 11) is 5.25. The van der Waals surface area contributed by atoms with Gasteiger partial charge in [0.25, 0.3) is 5.91 Å². The van der Waals surface area contributed by atoms with Crippen molar-refractivity contribution in [3.63, 3.8) is 0 Å². The van der Waals surface area contributed by atoms with Crippen LogP contribution in [0.2, 0.25) is 0 Å². The Morgan fingerprint density at radius 1 is 1.25 bits per heavy atom. The van der Waals surface area contributed by atoms with Crippen molar-refractivity contribution in [3.05, 3.63) is 46.8 Å². The van der Waals surface area contributed by atoms with Gasteiger partial charge in [-0.2, -0.15) is 5.10 Å². The maximum Gasteiger partial charge on any atom is 0.358 e. The fourth-order valence-electron chi connectivity index (χ4n) is 2.84. The molecule has 1 aromatic carbocycles. The van der Waals surface area contributed by atoms with Gasteiger partial charge in [-0.3, -0.25) is 9.89 Å². The van der Waals surface area contributed by atoms with Gasteiger partial charge in [-0.1, -0.05) is 0 Å². The molecular weight excluding hydrogens is 308 g/mol. The first-order valence-corrected chi connectivity index (χ1v) is 7.72. The lowest BCUT2D eigenvalue weighted by Gasteiger charge is -2.27. The summed E-state index contributed by atoms with van der Waals surface area (Å²) in [5.74, 6) is -0.480. The standard InChI is InChI=1S/C17H20N4O3/c1-20(2)12-6-4-11(5-7-12)16(22)21-9-8-13-14(10-21)18-19-15(13)17(23)24-3/h4-7H,8-10H2,1-3H3,(H,18,19).